The molecule has 1 saturated carbocycles. The summed E-state index contributed by atoms with van der Waals surface area (Å²) >= 11 is 12.2. The monoisotopic (exact) mass is 345 g/mol. The largest absolute Gasteiger partial charge is 0.347 e. The molecule has 4 nitrogen and oxygen atoms in total. The molecule has 0 saturated heterocycles. The van der Waals surface area contributed by atoms with E-state index in [0.717, 1.165) is 23.9 Å². The predicted molar refractivity (Wildman–Crippen MR) is 91.1 cm³/mol. The van der Waals surface area contributed by atoms with Crippen LogP contribution in [-0.2, 0) is 0 Å². The van der Waals surface area contributed by atoms with Crippen molar-refractivity contribution in [1.82, 2.24) is 14.7 Å². The molecule has 1 amide bonds. The van der Waals surface area contributed by atoms with E-state index in [0.29, 0.717) is 21.6 Å². The molecule has 0 aliphatic heterocycles. The number of carbonyl (C=O) groups excluding carboxylic acids is 1. The number of hydrogen-bond donors (Lipinski definition) is 1. The second kappa shape index (κ2) is 5.55. The van der Waals surface area contributed by atoms with Crippen LogP contribution in [0.25, 0.3) is 16.8 Å². The van der Waals surface area contributed by atoms with Crippen molar-refractivity contribution in [2.24, 2.45) is 0 Å². The van der Waals surface area contributed by atoms with Gasteiger partial charge in [-0.3, -0.25) is 9.20 Å². The highest BCUT2D eigenvalue weighted by Gasteiger charge is 2.26. The Hall–Kier alpha value is -2.04. The molecule has 1 aliphatic rings. The normalized spacial score (nSPS) is 14.2. The molecule has 1 aromatic carbocycles. The van der Waals surface area contributed by atoms with Crippen molar-refractivity contribution in [3.05, 3.63) is 58.5 Å². The number of nitrogens with one attached hydrogen (secondary N) is 1. The minimum Gasteiger partial charge on any atom is -0.347 e. The number of benzene rings is 1. The molecule has 116 valence electrons. The van der Waals surface area contributed by atoms with Crippen molar-refractivity contribution in [1.29, 1.82) is 0 Å². The van der Waals surface area contributed by atoms with Crippen LogP contribution in [0.3, 0.4) is 0 Å². The number of aromatic nitrogens is 2. The van der Waals surface area contributed by atoms with Crippen LogP contribution in [-0.4, -0.2) is 21.3 Å². The Morgan fingerprint density at radius 3 is 2.61 bits per heavy atom. The Balaban J connectivity index is 1.87. The quantitative estimate of drug-likeness (QED) is 0.773. The average molecular weight is 346 g/mol. The van der Waals surface area contributed by atoms with Gasteiger partial charge in [-0.05, 0) is 43.2 Å². The topological polar surface area (TPSA) is 46.4 Å². The molecule has 4 rings (SSSR count). The highest BCUT2D eigenvalue weighted by atomic mass is 35.5. The molecule has 0 radical (unpaired) electrons. The minimum atomic E-state index is -0.159. The molecule has 1 fully saturated rings. The van der Waals surface area contributed by atoms with Crippen molar-refractivity contribution in [3.8, 4) is 11.3 Å². The van der Waals surface area contributed by atoms with Gasteiger partial charge in [0.05, 0.1) is 11.2 Å². The van der Waals surface area contributed by atoms with Crippen LogP contribution < -0.4 is 5.32 Å². The van der Waals surface area contributed by atoms with E-state index in [1.807, 2.05) is 24.4 Å². The lowest BCUT2D eigenvalue weighted by molar-refractivity contribution is 0.0940. The van der Waals surface area contributed by atoms with Crippen LogP contribution in [0.5, 0.6) is 0 Å². The maximum Gasteiger partial charge on any atom is 0.287 e. The van der Waals surface area contributed by atoms with E-state index in [1.54, 1.807) is 22.6 Å². The smallest absolute Gasteiger partial charge is 0.287 e. The first-order chi connectivity index (χ1) is 11.1. The number of pyridine rings is 1. The SMILES string of the molecule is O=C(NC1CC1)c1nc(-c2cc(Cl)cc(Cl)c2)c2ccccn12. The Labute approximate surface area is 143 Å². The van der Waals surface area contributed by atoms with Crippen molar-refractivity contribution in [3.63, 3.8) is 0 Å². The van der Waals surface area contributed by atoms with Crippen LogP contribution in [0.15, 0.2) is 42.6 Å². The molecule has 0 atom stereocenters. The maximum absolute atomic E-state index is 12.4. The van der Waals surface area contributed by atoms with Crippen LogP contribution in [0.1, 0.15) is 23.5 Å². The van der Waals surface area contributed by atoms with Gasteiger partial charge in [-0.15, -0.1) is 0 Å². The molecule has 1 aliphatic carbocycles. The molecule has 0 unspecified atom stereocenters. The second-order valence-corrected chi connectivity index (χ2v) is 6.52. The number of nitrogens with zero attached hydrogens (tertiary/aromatic N) is 2. The van der Waals surface area contributed by atoms with E-state index < -0.39 is 0 Å². The van der Waals surface area contributed by atoms with E-state index in [9.17, 15) is 4.79 Å². The fourth-order valence-electron chi connectivity index (χ4n) is 2.58. The molecule has 6 heteroatoms. The molecule has 2 heterocycles. The van der Waals surface area contributed by atoms with Crippen LogP contribution >= 0.6 is 23.2 Å². The zero-order valence-electron chi connectivity index (χ0n) is 12.1. The summed E-state index contributed by atoms with van der Waals surface area (Å²) in [5.74, 6) is 0.215. The first-order valence-corrected chi connectivity index (χ1v) is 8.12. The maximum atomic E-state index is 12.4. The summed E-state index contributed by atoms with van der Waals surface area (Å²) in [7, 11) is 0. The standard InChI is InChI=1S/C17H13Cl2N3O/c18-11-7-10(8-12(19)9-11)15-14-3-1-2-6-22(14)16(21-15)17(23)20-13-4-5-13/h1-3,6-9,13H,4-5H2,(H,20,23). The second-order valence-electron chi connectivity index (χ2n) is 5.65. The molecule has 0 bridgehead atoms. The Bertz CT molecular complexity index is 895. The summed E-state index contributed by atoms with van der Waals surface area (Å²) in [4.78, 5) is 17.0. The van der Waals surface area contributed by atoms with E-state index in [2.05, 4.69) is 10.3 Å². The minimum absolute atomic E-state index is 0.159. The van der Waals surface area contributed by atoms with Gasteiger partial charge >= 0.3 is 0 Å². The highest BCUT2D eigenvalue weighted by Crippen LogP contribution is 2.30. The number of amides is 1. The average Bonchev–Trinajstić information content (AvgIpc) is 3.24. The van der Waals surface area contributed by atoms with Gasteiger partial charge in [0.25, 0.3) is 5.91 Å². The lowest BCUT2D eigenvalue weighted by Crippen LogP contribution is -2.27. The fourth-order valence-corrected chi connectivity index (χ4v) is 3.10. The summed E-state index contributed by atoms with van der Waals surface area (Å²) in [6, 6.07) is 11.3. The van der Waals surface area contributed by atoms with Crippen molar-refractivity contribution < 1.29 is 4.79 Å². The van der Waals surface area contributed by atoms with Crippen molar-refractivity contribution >= 4 is 34.6 Å². The van der Waals surface area contributed by atoms with Gasteiger partial charge in [0.2, 0.25) is 5.82 Å². The number of fused-ring (bicyclic) bond motifs is 1. The number of hydrogen-bond acceptors (Lipinski definition) is 2. The summed E-state index contributed by atoms with van der Waals surface area (Å²) in [5, 5.41) is 4.05. The molecule has 3 aromatic rings. The molecular formula is C17H13Cl2N3O. The van der Waals surface area contributed by atoms with Gasteiger partial charge in [0.15, 0.2) is 0 Å². The van der Waals surface area contributed by atoms with E-state index in [-0.39, 0.29) is 11.9 Å². The van der Waals surface area contributed by atoms with Gasteiger partial charge in [-0.1, -0.05) is 29.3 Å². The molecule has 1 N–H and O–H groups in total. The molecule has 23 heavy (non-hydrogen) atoms. The van der Waals surface area contributed by atoms with Gasteiger partial charge in [0.1, 0.15) is 0 Å². The summed E-state index contributed by atoms with van der Waals surface area (Å²) < 4.78 is 1.79. The predicted octanol–water partition coefficient (Wildman–Crippen LogP) is 4.20. The molecule has 0 spiro atoms. The fraction of sp³-hybridized carbons (Fsp3) is 0.176. The van der Waals surface area contributed by atoms with Crippen LogP contribution in [0, 0.1) is 0 Å². The lowest BCUT2D eigenvalue weighted by Gasteiger charge is -2.01. The van der Waals surface area contributed by atoms with E-state index >= 15 is 0 Å². The van der Waals surface area contributed by atoms with Gasteiger partial charge < -0.3 is 5.32 Å². The van der Waals surface area contributed by atoms with Gasteiger partial charge in [-0.25, -0.2) is 4.98 Å². The zero-order valence-corrected chi connectivity index (χ0v) is 13.6. The Kier molecular flexibility index (Phi) is 3.51. The van der Waals surface area contributed by atoms with Crippen LogP contribution in [0.4, 0.5) is 0 Å². The van der Waals surface area contributed by atoms with Gasteiger partial charge in [-0.2, -0.15) is 0 Å². The summed E-state index contributed by atoms with van der Waals surface area (Å²) in [6.45, 7) is 0. The van der Waals surface area contributed by atoms with Gasteiger partial charge in [0, 0.05) is 27.8 Å². The molecular weight excluding hydrogens is 333 g/mol. The lowest BCUT2D eigenvalue weighted by atomic mass is 10.1. The highest BCUT2D eigenvalue weighted by molar-refractivity contribution is 6.35. The van der Waals surface area contributed by atoms with Crippen molar-refractivity contribution in [2.75, 3.05) is 0 Å². The number of imidazole rings is 1. The summed E-state index contributed by atoms with van der Waals surface area (Å²) in [6.07, 6.45) is 3.90. The van der Waals surface area contributed by atoms with E-state index in [1.165, 1.54) is 0 Å². The summed E-state index contributed by atoms with van der Waals surface area (Å²) in [5.41, 5.74) is 2.32. The third kappa shape index (κ3) is 2.80. The zero-order chi connectivity index (χ0) is 16.0. The third-order valence-corrected chi connectivity index (χ3v) is 4.24. The Morgan fingerprint density at radius 2 is 1.91 bits per heavy atom. The number of halogens is 2. The number of carbonyl (C=O) groups is 1. The molecule has 2 aromatic heterocycles. The number of rotatable bonds is 3. The van der Waals surface area contributed by atoms with E-state index in [4.69, 9.17) is 23.2 Å². The first-order valence-electron chi connectivity index (χ1n) is 7.36. The Morgan fingerprint density at radius 1 is 1.17 bits per heavy atom. The van der Waals surface area contributed by atoms with Crippen molar-refractivity contribution in [2.45, 2.75) is 18.9 Å². The third-order valence-electron chi connectivity index (χ3n) is 3.80. The first kappa shape index (κ1) is 14.5. The van der Waals surface area contributed by atoms with Crippen LogP contribution in [0.2, 0.25) is 10.0 Å².